The van der Waals surface area contributed by atoms with Crippen LogP contribution in [0, 0.1) is 0 Å². The second-order valence-corrected chi connectivity index (χ2v) is 7.46. The zero-order chi connectivity index (χ0) is 20.9. The lowest BCUT2D eigenvalue weighted by atomic mass is 9.92. The van der Waals surface area contributed by atoms with Crippen molar-refractivity contribution in [2.45, 2.75) is 37.9 Å². The molecular formula is C20H18F3N7. The summed E-state index contributed by atoms with van der Waals surface area (Å²) >= 11 is 0. The molecule has 5 rings (SSSR count). The van der Waals surface area contributed by atoms with E-state index >= 15 is 0 Å². The Bertz CT molecular complexity index is 1200. The third-order valence-corrected chi connectivity index (χ3v) is 5.37. The van der Waals surface area contributed by atoms with Gasteiger partial charge in [0.25, 0.3) is 0 Å². The van der Waals surface area contributed by atoms with Crippen LogP contribution in [0.25, 0.3) is 22.6 Å². The van der Waals surface area contributed by atoms with Crippen molar-refractivity contribution in [1.82, 2.24) is 29.5 Å². The van der Waals surface area contributed by atoms with Gasteiger partial charge in [0.15, 0.2) is 17.3 Å². The highest BCUT2D eigenvalue weighted by Crippen LogP contribution is 2.38. The number of anilines is 1. The van der Waals surface area contributed by atoms with E-state index in [0.29, 0.717) is 34.8 Å². The van der Waals surface area contributed by atoms with E-state index in [9.17, 15) is 13.2 Å². The van der Waals surface area contributed by atoms with E-state index in [0.717, 1.165) is 31.0 Å². The highest BCUT2D eigenvalue weighted by atomic mass is 19.4. The van der Waals surface area contributed by atoms with Crippen molar-refractivity contribution in [2.75, 3.05) is 5.73 Å². The summed E-state index contributed by atoms with van der Waals surface area (Å²) in [5.41, 5.74) is 7.51. The van der Waals surface area contributed by atoms with Gasteiger partial charge in [-0.15, -0.1) is 0 Å². The molecule has 4 aromatic rings. The van der Waals surface area contributed by atoms with Gasteiger partial charge in [-0.2, -0.15) is 18.2 Å². The maximum atomic E-state index is 13.2. The minimum Gasteiger partial charge on any atom is -0.369 e. The topological polar surface area (TPSA) is 98.3 Å². The van der Waals surface area contributed by atoms with Crippen LogP contribution in [-0.2, 0) is 12.6 Å². The van der Waals surface area contributed by atoms with Gasteiger partial charge in [0.2, 0.25) is 0 Å². The number of imidazole rings is 2. The Morgan fingerprint density at radius 3 is 2.53 bits per heavy atom. The van der Waals surface area contributed by atoms with Crippen LogP contribution in [0.3, 0.4) is 0 Å². The second kappa shape index (κ2) is 6.82. The molecule has 1 aliphatic rings. The largest absolute Gasteiger partial charge is 0.434 e. The summed E-state index contributed by atoms with van der Waals surface area (Å²) < 4.78 is 41.3. The molecule has 0 saturated heterocycles. The smallest absolute Gasteiger partial charge is 0.369 e. The van der Waals surface area contributed by atoms with Crippen molar-refractivity contribution in [1.29, 1.82) is 0 Å². The van der Waals surface area contributed by atoms with Gasteiger partial charge in [-0.05, 0) is 24.8 Å². The number of H-pyrrole nitrogens is 1. The summed E-state index contributed by atoms with van der Waals surface area (Å²) in [4.78, 5) is 19.5. The van der Waals surface area contributed by atoms with Crippen LogP contribution in [0.1, 0.15) is 42.4 Å². The molecule has 10 heteroatoms. The van der Waals surface area contributed by atoms with Gasteiger partial charge in [0.1, 0.15) is 17.2 Å². The van der Waals surface area contributed by atoms with Crippen molar-refractivity contribution >= 4 is 17.1 Å². The fourth-order valence-corrected chi connectivity index (χ4v) is 3.59. The molecular weight excluding hydrogens is 395 g/mol. The summed E-state index contributed by atoms with van der Waals surface area (Å²) in [6, 6.07) is 7.37. The average Bonchev–Trinajstić information content (AvgIpc) is 3.24. The fraction of sp³-hybridized carbons (Fsp3) is 0.300. The zero-order valence-electron chi connectivity index (χ0n) is 15.8. The molecule has 0 unspecified atom stereocenters. The van der Waals surface area contributed by atoms with Gasteiger partial charge in [-0.3, -0.25) is 0 Å². The van der Waals surface area contributed by atoms with Crippen LogP contribution in [0.15, 0.2) is 36.7 Å². The number of benzene rings is 1. The lowest BCUT2D eigenvalue weighted by molar-refractivity contribution is -0.140. The highest BCUT2D eigenvalue weighted by molar-refractivity contribution is 5.71. The summed E-state index contributed by atoms with van der Waals surface area (Å²) in [7, 11) is 0. The van der Waals surface area contributed by atoms with Gasteiger partial charge in [0.05, 0.1) is 6.20 Å². The van der Waals surface area contributed by atoms with Crippen LogP contribution in [-0.4, -0.2) is 29.5 Å². The average molecular weight is 413 g/mol. The Kier molecular flexibility index (Phi) is 4.23. The first kappa shape index (κ1) is 18.6. The molecule has 0 bridgehead atoms. The molecule has 30 heavy (non-hydrogen) atoms. The summed E-state index contributed by atoms with van der Waals surface area (Å²) in [5.74, 6) is 1.21. The van der Waals surface area contributed by atoms with E-state index in [1.165, 1.54) is 0 Å². The normalized spacial score (nSPS) is 14.9. The Morgan fingerprint density at radius 2 is 1.87 bits per heavy atom. The molecule has 0 amide bonds. The first-order valence-electron chi connectivity index (χ1n) is 9.59. The van der Waals surface area contributed by atoms with E-state index in [4.69, 9.17) is 5.73 Å². The SMILES string of the molecule is Nc1nc2nc(Cc3ccc(-c4nc(C(F)(F)F)cn4C4CCC4)cc3)ncc2[nH]1. The van der Waals surface area contributed by atoms with Crippen molar-refractivity contribution in [3.8, 4) is 11.4 Å². The molecule has 3 heterocycles. The lowest BCUT2D eigenvalue weighted by Crippen LogP contribution is -2.17. The molecule has 7 nitrogen and oxygen atoms in total. The molecule has 0 atom stereocenters. The first-order valence-corrected chi connectivity index (χ1v) is 9.59. The summed E-state index contributed by atoms with van der Waals surface area (Å²) in [5, 5.41) is 0. The van der Waals surface area contributed by atoms with Crippen LogP contribution >= 0.6 is 0 Å². The maximum Gasteiger partial charge on any atom is 0.434 e. The molecule has 0 radical (unpaired) electrons. The van der Waals surface area contributed by atoms with Gasteiger partial charge in [0, 0.05) is 24.2 Å². The standard InChI is InChI=1S/C20H18F3N7/c21-20(22,23)15-10-30(13-2-1-3-13)18(27-15)12-6-4-11(5-7-12)8-16-25-9-14-17(28-16)29-19(24)26-14/h4-7,9-10,13H,1-3,8H2,(H3,24,25,26,28,29). The van der Waals surface area contributed by atoms with Crippen molar-refractivity contribution in [3.63, 3.8) is 0 Å². The fourth-order valence-electron chi connectivity index (χ4n) is 3.59. The minimum atomic E-state index is -4.46. The predicted octanol–water partition coefficient (Wildman–Crippen LogP) is 4.13. The van der Waals surface area contributed by atoms with Crippen LogP contribution < -0.4 is 5.73 Å². The molecule has 154 valence electrons. The van der Waals surface area contributed by atoms with Gasteiger partial charge < -0.3 is 15.3 Å². The number of nitrogens with one attached hydrogen (secondary N) is 1. The van der Waals surface area contributed by atoms with E-state index in [-0.39, 0.29) is 12.0 Å². The third kappa shape index (κ3) is 3.38. The minimum absolute atomic E-state index is 0.0738. The highest BCUT2D eigenvalue weighted by Gasteiger charge is 2.36. The zero-order valence-corrected chi connectivity index (χ0v) is 15.8. The number of nitrogens with two attached hydrogens (primary N) is 1. The number of hydrogen-bond donors (Lipinski definition) is 2. The molecule has 1 aromatic carbocycles. The van der Waals surface area contributed by atoms with Crippen LogP contribution in [0.2, 0.25) is 0 Å². The number of nitrogen functional groups attached to an aromatic ring is 1. The lowest BCUT2D eigenvalue weighted by Gasteiger charge is -2.28. The second-order valence-electron chi connectivity index (χ2n) is 7.46. The summed E-state index contributed by atoms with van der Waals surface area (Å²) in [6.45, 7) is 0. The molecule has 3 N–H and O–H groups in total. The quantitative estimate of drug-likeness (QED) is 0.524. The predicted molar refractivity (Wildman–Crippen MR) is 104 cm³/mol. The molecule has 0 aliphatic heterocycles. The van der Waals surface area contributed by atoms with E-state index < -0.39 is 11.9 Å². The van der Waals surface area contributed by atoms with E-state index in [1.807, 2.05) is 12.1 Å². The van der Waals surface area contributed by atoms with Gasteiger partial charge >= 0.3 is 6.18 Å². The number of rotatable bonds is 4. The number of hydrogen-bond acceptors (Lipinski definition) is 5. The number of halogens is 3. The third-order valence-electron chi connectivity index (χ3n) is 5.37. The van der Waals surface area contributed by atoms with Crippen LogP contribution in [0.5, 0.6) is 0 Å². The Balaban J connectivity index is 1.42. The number of alkyl halides is 3. The first-order chi connectivity index (χ1) is 14.4. The van der Waals surface area contributed by atoms with Crippen molar-refractivity contribution < 1.29 is 13.2 Å². The Hall–Kier alpha value is -3.43. The number of aromatic amines is 1. The van der Waals surface area contributed by atoms with Gasteiger partial charge in [-0.25, -0.2) is 15.0 Å². The molecule has 1 fully saturated rings. The summed E-state index contributed by atoms with van der Waals surface area (Å²) in [6.07, 6.45) is 1.53. The van der Waals surface area contributed by atoms with Gasteiger partial charge in [-0.1, -0.05) is 24.3 Å². The van der Waals surface area contributed by atoms with E-state index in [2.05, 4.69) is 24.9 Å². The van der Waals surface area contributed by atoms with E-state index in [1.54, 1.807) is 22.9 Å². The molecule has 3 aromatic heterocycles. The number of aromatic nitrogens is 6. The molecule has 1 aliphatic carbocycles. The number of fused-ring (bicyclic) bond motifs is 1. The Morgan fingerprint density at radius 1 is 1.10 bits per heavy atom. The molecule has 1 saturated carbocycles. The maximum absolute atomic E-state index is 13.2. The van der Waals surface area contributed by atoms with Crippen molar-refractivity contribution in [3.05, 3.63) is 53.7 Å². The van der Waals surface area contributed by atoms with Crippen molar-refractivity contribution in [2.24, 2.45) is 0 Å². The number of nitrogens with zero attached hydrogens (tertiary/aromatic N) is 5. The van der Waals surface area contributed by atoms with Crippen LogP contribution in [0.4, 0.5) is 19.1 Å². The molecule has 0 spiro atoms. The monoisotopic (exact) mass is 413 g/mol. The Labute approximate surface area is 169 Å².